The van der Waals surface area contributed by atoms with E-state index in [0.29, 0.717) is 6.42 Å². The van der Waals surface area contributed by atoms with Crippen LogP contribution in [-0.2, 0) is 11.2 Å². The Hall–Kier alpha value is -2.44. The highest BCUT2D eigenvalue weighted by Gasteiger charge is 2.12. The van der Waals surface area contributed by atoms with Crippen LogP contribution >= 0.6 is 27.3 Å². The van der Waals surface area contributed by atoms with Crippen molar-refractivity contribution < 1.29 is 4.79 Å². The molecule has 0 aliphatic rings. The molecule has 1 amide bonds. The van der Waals surface area contributed by atoms with E-state index in [9.17, 15) is 4.79 Å². The van der Waals surface area contributed by atoms with E-state index in [2.05, 4.69) is 26.2 Å². The zero-order valence-electron chi connectivity index (χ0n) is 13.1. The van der Waals surface area contributed by atoms with Crippen LogP contribution in [-0.4, -0.2) is 15.3 Å². The van der Waals surface area contributed by atoms with Crippen molar-refractivity contribution in [2.75, 3.05) is 5.32 Å². The van der Waals surface area contributed by atoms with Gasteiger partial charge in [0, 0.05) is 27.8 Å². The number of rotatable bonds is 4. The zero-order chi connectivity index (χ0) is 17.2. The van der Waals surface area contributed by atoms with Crippen molar-refractivity contribution in [2.24, 2.45) is 0 Å². The molecule has 2 aromatic carbocycles. The number of thiazole rings is 1. The van der Waals surface area contributed by atoms with E-state index in [-0.39, 0.29) is 5.91 Å². The molecule has 0 saturated carbocycles. The Morgan fingerprint density at radius 1 is 1.16 bits per heavy atom. The predicted octanol–water partition coefficient (Wildman–Crippen LogP) is 5.01. The van der Waals surface area contributed by atoms with Gasteiger partial charge in [-0.1, -0.05) is 46.3 Å². The molecule has 4 rings (SSSR count). The molecule has 0 radical (unpaired) electrons. The molecule has 124 valence electrons. The van der Waals surface area contributed by atoms with E-state index in [0.717, 1.165) is 31.9 Å². The average molecular weight is 412 g/mol. The van der Waals surface area contributed by atoms with Gasteiger partial charge in [0.1, 0.15) is 0 Å². The normalized spacial score (nSPS) is 10.9. The summed E-state index contributed by atoms with van der Waals surface area (Å²) in [6.45, 7) is 0. The quantitative estimate of drug-likeness (QED) is 0.513. The van der Waals surface area contributed by atoms with Crippen LogP contribution in [0, 0.1) is 0 Å². The number of anilines is 1. The van der Waals surface area contributed by atoms with Gasteiger partial charge in [-0.15, -0.1) is 11.3 Å². The van der Waals surface area contributed by atoms with Gasteiger partial charge in [-0.2, -0.15) is 0 Å². The fourth-order valence-corrected chi connectivity index (χ4v) is 3.62. The third-order valence-electron chi connectivity index (χ3n) is 3.85. The first kappa shape index (κ1) is 16.1. The number of imidazole rings is 1. The van der Waals surface area contributed by atoms with E-state index in [1.807, 2.05) is 70.7 Å². The van der Waals surface area contributed by atoms with Gasteiger partial charge in [0.05, 0.1) is 17.8 Å². The zero-order valence-corrected chi connectivity index (χ0v) is 15.5. The maximum absolute atomic E-state index is 12.4. The Morgan fingerprint density at radius 3 is 2.76 bits per heavy atom. The van der Waals surface area contributed by atoms with Crippen molar-refractivity contribution in [2.45, 2.75) is 6.42 Å². The van der Waals surface area contributed by atoms with Crippen LogP contribution in [0.1, 0.15) is 5.56 Å². The average Bonchev–Trinajstić information content (AvgIpc) is 3.19. The minimum absolute atomic E-state index is 0.0456. The monoisotopic (exact) mass is 411 g/mol. The fourth-order valence-electron chi connectivity index (χ4n) is 2.65. The standard InChI is InChI=1S/C19H14BrN3OS/c20-14-7-5-13(6-8-14)11-18(24)21-16-4-2-1-3-15(16)17-12-23-9-10-25-19(23)22-17/h1-10,12H,11H2,(H,21,24). The van der Waals surface area contributed by atoms with Crippen molar-refractivity contribution in [1.29, 1.82) is 0 Å². The van der Waals surface area contributed by atoms with Crippen molar-refractivity contribution in [3.8, 4) is 11.3 Å². The highest BCUT2D eigenvalue weighted by molar-refractivity contribution is 9.10. The molecule has 0 bridgehead atoms. The van der Waals surface area contributed by atoms with E-state index in [1.165, 1.54) is 0 Å². The smallest absolute Gasteiger partial charge is 0.228 e. The maximum Gasteiger partial charge on any atom is 0.228 e. The van der Waals surface area contributed by atoms with Crippen LogP contribution in [0.3, 0.4) is 0 Å². The van der Waals surface area contributed by atoms with E-state index < -0.39 is 0 Å². The number of amides is 1. The maximum atomic E-state index is 12.4. The summed E-state index contributed by atoms with van der Waals surface area (Å²) in [4.78, 5) is 18.0. The van der Waals surface area contributed by atoms with Crippen molar-refractivity contribution >= 4 is 43.8 Å². The Balaban J connectivity index is 1.57. The van der Waals surface area contributed by atoms with Crippen LogP contribution in [0.25, 0.3) is 16.2 Å². The first-order valence-electron chi connectivity index (χ1n) is 7.75. The van der Waals surface area contributed by atoms with Gasteiger partial charge in [-0.05, 0) is 23.8 Å². The molecule has 2 aromatic heterocycles. The summed E-state index contributed by atoms with van der Waals surface area (Å²) >= 11 is 4.99. The largest absolute Gasteiger partial charge is 0.325 e. The number of halogens is 1. The molecule has 6 heteroatoms. The van der Waals surface area contributed by atoms with Crippen LogP contribution in [0.5, 0.6) is 0 Å². The first-order chi connectivity index (χ1) is 12.2. The molecule has 0 fully saturated rings. The SMILES string of the molecule is O=C(Cc1ccc(Br)cc1)Nc1ccccc1-c1cn2ccsc2n1. The summed E-state index contributed by atoms with van der Waals surface area (Å²) < 4.78 is 2.99. The summed E-state index contributed by atoms with van der Waals surface area (Å²) in [6, 6.07) is 15.5. The molecule has 0 saturated heterocycles. The third kappa shape index (κ3) is 3.50. The molecule has 25 heavy (non-hydrogen) atoms. The highest BCUT2D eigenvalue weighted by Crippen LogP contribution is 2.28. The number of fused-ring (bicyclic) bond motifs is 1. The second-order valence-electron chi connectivity index (χ2n) is 5.62. The number of hydrogen-bond donors (Lipinski definition) is 1. The van der Waals surface area contributed by atoms with E-state index >= 15 is 0 Å². The number of nitrogens with one attached hydrogen (secondary N) is 1. The summed E-state index contributed by atoms with van der Waals surface area (Å²) in [5.41, 5.74) is 3.52. The van der Waals surface area contributed by atoms with Crippen molar-refractivity contribution in [3.63, 3.8) is 0 Å². The Labute approximate surface area is 157 Å². The lowest BCUT2D eigenvalue weighted by atomic mass is 10.1. The predicted molar refractivity (Wildman–Crippen MR) is 105 cm³/mol. The lowest BCUT2D eigenvalue weighted by molar-refractivity contribution is -0.115. The second kappa shape index (κ2) is 6.82. The number of aromatic nitrogens is 2. The molecule has 1 N–H and O–H groups in total. The minimum atomic E-state index is -0.0456. The molecule has 4 aromatic rings. The van der Waals surface area contributed by atoms with Crippen LogP contribution < -0.4 is 5.32 Å². The molecule has 4 nitrogen and oxygen atoms in total. The molecule has 0 spiro atoms. The lowest BCUT2D eigenvalue weighted by Crippen LogP contribution is -2.15. The number of nitrogens with zero attached hydrogens (tertiary/aromatic N) is 2. The summed E-state index contributed by atoms with van der Waals surface area (Å²) in [5, 5.41) is 5.01. The molecular formula is C19H14BrN3OS. The fraction of sp³-hybridized carbons (Fsp3) is 0.0526. The molecule has 0 atom stereocenters. The highest BCUT2D eigenvalue weighted by atomic mass is 79.9. The van der Waals surface area contributed by atoms with Gasteiger partial charge in [0.25, 0.3) is 0 Å². The number of carbonyl (C=O) groups is 1. The van der Waals surface area contributed by atoms with Crippen molar-refractivity contribution in [1.82, 2.24) is 9.38 Å². The van der Waals surface area contributed by atoms with Gasteiger partial charge < -0.3 is 5.32 Å². The van der Waals surface area contributed by atoms with Gasteiger partial charge in [-0.3, -0.25) is 9.20 Å². The minimum Gasteiger partial charge on any atom is -0.325 e. The molecular weight excluding hydrogens is 398 g/mol. The Kier molecular flexibility index (Phi) is 4.38. The number of carbonyl (C=O) groups excluding carboxylic acids is 1. The number of hydrogen-bond acceptors (Lipinski definition) is 3. The third-order valence-corrected chi connectivity index (χ3v) is 5.15. The Morgan fingerprint density at radius 2 is 1.96 bits per heavy atom. The number of benzene rings is 2. The summed E-state index contributed by atoms with van der Waals surface area (Å²) in [7, 11) is 0. The summed E-state index contributed by atoms with van der Waals surface area (Å²) in [6.07, 6.45) is 4.29. The van der Waals surface area contributed by atoms with E-state index in [1.54, 1.807) is 11.3 Å². The second-order valence-corrected chi connectivity index (χ2v) is 7.40. The van der Waals surface area contributed by atoms with E-state index in [4.69, 9.17) is 0 Å². The van der Waals surface area contributed by atoms with Crippen LogP contribution in [0.4, 0.5) is 5.69 Å². The van der Waals surface area contributed by atoms with Gasteiger partial charge in [0.2, 0.25) is 5.91 Å². The molecule has 2 heterocycles. The number of para-hydroxylation sites is 1. The van der Waals surface area contributed by atoms with Crippen molar-refractivity contribution in [3.05, 3.63) is 76.3 Å². The molecule has 0 aliphatic heterocycles. The van der Waals surface area contributed by atoms with Gasteiger partial charge in [0.15, 0.2) is 4.96 Å². The molecule has 0 aliphatic carbocycles. The van der Waals surface area contributed by atoms with Crippen LogP contribution in [0.15, 0.2) is 70.8 Å². The topological polar surface area (TPSA) is 46.4 Å². The summed E-state index contributed by atoms with van der Waals surface area (Å²) in [5.74, 6) is -0.0456. The van der Waals surface area contributed by atoms with Gasteiger partial charge in [-0.25, -0.2) is 4.98 Å². The van der Waals surface area contributed by atoms with Gasteiger partial charge >= 0.3 is 0 Å². The lowest BCUT2D eigenvalue weighted by Gasteiger charge is -2.09. The Bertz CT molecular complexity index is 1010. The van der Waals surface area contributed by atoms with Crippen LogP contribution in [0.2, 0.25) is 0 Å². The first-order valence-corrected chi connectivity index (χ1v) is 9.42. The molecule has 0 unspecified atom stereocenters.